The molecule has 0 spiro atoms. The Kier molecular flexibility index (Phi) is 4.44. The Balaban J connectivity index is 1.63. The second-order valence-electron chi connectivity index (χ2n) is 7.94. The summed E-state index contributed by atoms with van der Waals surface area (Å²) in [4.78, 5) is 25.9. The zero-order valence-electron chi connectivity index (χ0n) is 15.2. The lowest BCUT2D eigenvalue weighted by Gasteiger charge is -2.36. The molecule has 0 radical (unpaired) electrons. The number of rotatable bonds is 3. The van der Waals surface area contributed by atoms with E-state index in [1.165, 1.54) is 0 Å². The quantitative estimate of drug-likeness (QED) is 0.919. The Bertz CT molecular complexity index is 801. The van der Waals surface area contributed by atoms with E-state index in [2.05, 4.69) is 29.1 Å². The first kappa shape index (κ1) is 17.1. The molecule has 2 aromatic heterocycles. The third-order valence-corrected chi connectivity index (χ3v) is 5.16. The normalized spacial score (nSPS) is 24.1. The molecule has 1 N–H and O–H groups in total. The highest BCUT2D eigenvalue weighted by molar-refractivity contribution is 5.81. The van der Waals surface area contributed by atoms with Crippen LogP contribution in [0.4, 0.5) is 0 Å². The van der Waals surface area contributed by atoms with Gasteiger partial charge in [-0.15, -0.1) is 0 Å². The number of carbonyl (C=O) groups excluding carboxylic acids is 1. The molecule has 6 heteroatoms. The first-order valence-electron chi connectivity index (χ1n) is 9.20. The summed E-state index contributed by atoms with van der Waals surface area (Å²) in [6.45, 7) is 5.11. The van der Waals surface area contributed by atoms with Gasteiger partial charge in [0.05, 0.1) is 11.7 Å². The van der Waals surface area contributed by atoms with Gasteiger partial charge >= 0.3 is 0 Å². The fraction of sp³-hybridized carbons (Fsp3) is 0.500. The smallest absolute Gasteiger partial charge is 0.249 e. The lowest BCUT2D eigenvalue weighted by molar-refractivity contribution is -0.131. The Morgan fingerprint density at radius 3 is 2.85 bits per heavy atom. The van der Waals surface area contributed by atoms with Gasteiger partial charge in [-0.25, -0.2) is 9.97 Å². The fourth-order valence-corrected chi connectivity index (χ4v) is 3.87. The number of nitrogens with one attached hydrogen (secondary N) is 1. The van der Waals surface area contributed by atoms with Crippen molar-refractivity contribution in [3.8, 4) is 11.4 Å². The van der Waals surface area contributed by atoms with Gasteiger partial charge < -0.3 is 10.1 Å². The van der Waals surface area contributed by atoms with Crippen LogP contribution in [0.1, 0.15) is 50.4 Å². The summed E-state index contributed by atoms with van der Waals surface area (Å²) in [5, 5.41) is 3.18. The van der Waals surface area contributed by atoms with Crippen molar-refractivity contribution in [2.75, 3.05) is 6.61 Å². The third kappa shape index (κ3) is 3.46. The van der Waals surface area contributed by atoms with E-state index in [0.29, 0.717) is 12.4 Å². The van der Waals surface area contributed by atoms with Gasteiger partial charge in [-0.1, -0.05) is 13.8 Å². The van der Waals surface area contributed by atoms with Gasteiger partial charge in [0.25, 0.3) is 0 Å². The number of carbonyl (C=O) groups is 1. The molecule has 1 saturated heterocycles. The van der Waals surface area contributed by atoms with Crippen molar-refractivity contribution in [2.24, 2.45) is 5.41 Å². The van der Waals surface area contributed by atoms with Crippen LogP contribution < -0.4 is 5.32 Å². The number of ether oxygens (including phenoxy) is 1. The maximum Gasteiger partial charge on any atom is 0.249 e. The summed E-state index contributed by atoms with van der Waals surface area (Å²) >= 11 is 0. The Labute approximate surface area is 153 Å². The van der Waals surface area contributed by atoms with E-state index in [4.69, 9.17) is 9.72 Å². The average Bonchev–Trinajstić information content (AvgIpc) is 3.16. The molecule has 136 valence electrons. The molecule has 2 atom stereocenters. The molecule has 0 bridgehead atoms. The van der Waals surface area contributed by atoms with E-state index < -0.39 is 0 Å². The van der Waals surface area contributed by atoms with Gasteiger partial charge in [0.2, 0.25) is 5.91 Å². The summed E-state index contributed by atoms with van der Waals surface area (Å²) in [6, 6.07) is 3.75. The van der Waals surface area contributed by atoms with E-state index in [1.54, 1.807) is 12.4 Å². The van der Waals surface area contributed by atoms with Crippen LogP contribution in [0.25, 0.3) is 11.4 Å². The van der Waals surface area contributed by atoms with Crippen LogP contribution in [-0.4, -0.2) is 33.6 Å². The Morgan fingerprint density at radius 2 is 2.12 bits per heavy atom. The van der Waals surface area contributed by atoms with Gasteiger partial charge in [0, 0.05) is 36.3 Å². The van der Waals surface area contributed by atoms with Gasteiger partial charge in [0.15, 0.2) is 5.82 Å². The van der Waals surface area contributed by atoms with Crippen molar-refractivity contribution in [2.45, 2.75) is 51.7 Å². The molecule has 2 aliphatic rings. The Morgan fingerprint density at radius 1 is 1.31 bits per heavy atom. The van der Waals surface area contributed by atoms with Gasteiger partial charge in [-0.3, -0.25) is 9.78 Å². The molecule has 26 heavy (non-hydrogen) atoms. The number of hydrogen-bond acceptors (Lipinski definition) is 5. The molecule has 1 fully saturated rings. The summed E-state index contributed by atoms with van der Waals surface area (Å²) < 4.78 is 5.52. The molecule has 3 heterocycles. The maximum absolute atomic E-state index is 12.5. The minimum absolute atomic E-state index is 0.0191. The first-order chi connectivity index (χ1) is 12.5. The van der Waals surface area contributed by atoms with E-state index in [0.717, 1.165) is 42.5 Å². The summed E-state index contributed by atoms with van der Waals surface area (Å²) in [5.74, 6) is 0.683. The zero-order chi connectivity index (χ0) is 18.1. The largest absolute Gasteiger partial charge is 0.368 e. The molecule has 4 rings (SSSR count). The van der Waals surface area contributed by atoms with Crippen LogP contribution in [-0.2, 0) is 16.0 Å². The second-order valence-corrected chi connectivity index (χ2v) is 7.94. The summed E-state index contributed by atoms with van der Waals surface area (Å²) in [6.07, 6.45) is 8.52. The number of nitrogens with zero attached hydrogens (tertiary/aromatic N) is 3. The molecule has 0 saturated carbocycles. The topological polar surface area (TPSA) is 77.0 Å². The zero-order valence-corrected chi connectivity index (χ0v) is 15.2. The minimum Gasteiger partial charge on any atom is -0.368 e. The van der Waals surface area contributed by atoms with Crippen molar-refractivity contribution in [1.82, 2.24) is 20.3 Å². The Hall–Kier alpha value is -2.34. The van der Waals surface area contributed by atoms with E-state index in [-0.39, 0.29) is 23.5 Å². The van der Waals surface area contributed by atoms with Crippen molar-refractivity contribution in [3.63, 3.8) is 0 Å². The third-order valence-electron chi connectivity index (χ3n) is 5.16. The molecule has 2 aromatic rings. The van der Waals surface area contributed by atoms with Gasteiger partial charge in [-0.05, 0) is 43.2 Å². The number of amides is 1. The van der Waals surface area contributed by atoms with Crippen LogP contribution >= 0.6 is 0 Å². The first-order valence-corrected chi connectivity index (χ1v) is 9.20. The molecule has 1 amide bonds. The highest BCUT2D eigenvalue weighted by Crippen LogP contribution is 2.40. The molecular formula is C20H24N4O2. The van der Waals surface area contributed by atoms with Crippen LogP contribution in [0.3, 0.4) is 0 Å². The van der Waals surface area contributed by atoms with Crippen LogP contribution in [0.5, 0.6) is 0 Å². The average molecular weight is 352 g/mol. The maximum atomic E-state index is 12.5. The summed E-state index contributed by atoms with van der Waals surface area (Å²) in [7, 11) is 0. The standard InChI is InChI=1S/C20H24N4O2/c1-20(2)10-15-14(12-22-18(23-15)13-5-7-21-8-6-13)16(11-20)24-19(25)17-4-3-9-26-17/h5-8,12,16-17H,3-4,9-11H2,1-2H3,(H,24,25)/t16-,17-/m1/s1. The highest BCUT2D eigenvalue weighted by Gasteiger charge is 2.36. The molecule has 0 aromatic carbocycles. The predicted molar refractivity (Wildman–Crippen MR) is 97.2 cm³/mol. The number of fused-ring (bicyclic) bond motifs is 1. The highest BCUT2D eigenvalue weighted by atomic mass is 16.5. The number of hydrogen-bond donors (Lipinski definition) is 1. The van der Waals surface area contributed by atoms with Crippen molar-refractivity contribution >= 4 is 5.91 Å². The van der Waals surface area contributed by atoms with Gasteiger partial charge in [-0.2, -0.15) is 0 Å². The molecule has 6 nitrogen and oxygen atoms in total. The molecule has 1 aliphatic carbocycles. The number of pyridine rings is 1. The summed E-state index contributed by atoms with van der Waals surface area (Å²) in [5.41, 5.74) is 3.05. The van der Waals surface area contributed by atoms with Crippen LogP contribution in [0, 0.1) is 5.41 Å². The van der Waals surface area contributed by atoms with Gasteiger partial charge in [0.1, 0.15) is 6.10 Å². The van der Waals surface area contributed by atoms with Crippen molar-refractivity contribution < 1.29 is 9.53 Å². The monoisotopic (exact) mass is 352 g/mol. The lowest BCUT2D eigenvalue weighted by atomic mass is 9.74. The minimum atomic E-state index is -0.319. The molecular weight excluding hydrogens is 328 g/mol. The molecule has 0 unspecified atom stereocenters. The predicted octanol–water partition coefficient (Wildman–Crippen LogP) is 2.85. The lowest BCUT2D eigenvalue weighted by Crippen LogP contribution is -2.41. The van der Waals surface area contributed by atoms with Crippen LogP contribution in [0.15, 0.2) is 30.7 Å². The van der Waals surface area contributed by atoms with Crippen molar-refractivity contribution in [1.29, 1.82) is 0 Å². The van der Waals surface area contributed by atoms with Crippen molar-refractivity contribution in [3.05, 3.63) is 42.0 Å². The SMILES string of the molecule is CC1(C)Cc2nc(-c3ccncc3)ncc2[C@H](NC(=O)[C@H]2CCCO2)C1. The second kappa shape index (κ2) is 6.76. The molecule has 1 aliphatic heterocycles. The van der Waals surface area contributed by atoms with E-state index >= 15 is 0 Å². The van der Waals surface area contributed by atoms with E-state index in [1.807, 2.05) is 18.3 Å². The fourth-order valence-electron chi connectivity index (χ4n) is 3.87. The van der Waals surface area contributed by atoms with Crippen LogP contribution in [0.2, 0.25) is 0 Å². The van der Waals surface area contributed by atoms with E-state index in [9.17, 15) is 4.79 Å². The number of aromatic nitrogens is 3.